The Balaban J connectivity index is 0.000000903. The second kappa shape index (κ2) is 12.0. The molecule has 0 aliphatic carbocycles. The summed E-state index contributed by atoms with van der Waals surface area (Å²) >= 11 is 0. The van der Waals surface area contributed by atoms with Crippen molar-refractivity contribution in [2.24, 2.45) is 5.90 Å². The Kier molecular flexibility index (Phi) is 10.5. The molecule has 0 saturated carbocycles. The van der Waals surface area contributed by atoms with Gasteiger partial charge in [0.05, 0.1) is 11.1 Å². The Morgan fingerprint density at radius 2 is 1.66 bits per heavy atom. The summed E-state index contributed by atoms with van der Waals surface area (Å²) in [5.74, 6) is -2.93. The van der Waals surface area contributed by atoms with Gasteiger partial charge in [0.15, 0.2) is 0 Å². The topological polar surface area (TPSA) is 252 Å². The molecule has 2 unspecified atom stereocenters. The van der Waals surface area contributed by atoms with Crippen LogP contribution in [0.15, 0.2) is 17.7 Å². The van der Waals surface area contributed by atoms with Crippen molar-refractivity contribution in [2.75, 3.05) is 13.1 Å². The van der Waals surface area contributed by atoms with Crippen LogP contribution in [0.5, 0.6) is 5.75 Å². The van der Waals surface area contributed by atoms with Crippen molar-refractivity contribution in [1.29, 1.82) is 0 Å². The number of nitrogens with one attached hydrogen (secondary N) is 1. The van der Waals surface area contributed by atoms with E-state index in [4.69, 9.17) is 11.1 Å². The molecule has 17 heteroatoms. The van der Waals surface area contributed by atoms with Crippen molar-refractivity contribution in [3.63, 3.8) is 0 Å². The smallest absolute Gasteiger partial charge is 0.430 e. The Hall–Kier alpha value is -2.42. The number of quaternary nitrogens is 1. The molecular formula is C18H27F3N3O11+. The van der Waals surface area contributed by atoms with E-state index in [0.717, 1.165) is 6.92 Å². The van der Waals surface area contributed by atoms with Gasteiger partial charge in [-0.3, -0.25) is 4.84 Å². The van der Waals surface area contributed by atoms with Crippen LogP contribution >= 0.6 is 0 Å². The van der Waals surface area contributed by atoms with Gasteiger partial charge in [-0.25, -0.2) is 21.8 Å². The van der Waals surface area contributed by atoms with E-state index in [-0.39, 0.29) is 0 Å². The number of alkyl halides is 3. The molecule has 0 radical (unpaired) electrons. The maximum absolute atomic E-state index is 13.4. The highest BCUT2D eigenvalue weighted by molar-refractivity contribution is 5.96. The third-order valence-electron chi connectivity index (χ3n) is 4.40. The minimum absolute atomic E-state index is 0.369. The lowest BCUT2D eigenvalue weighted by molar-refractivity contribution is -0.670. The predicted molar refractivity (Wildman–Crippen MR) is 105 cm³/mol. The van der Waals surface area contributed by atoms with Gasteiger partial charge in [0.25, 0.3) is 0 Å². The molecule has 2 aliphatic rings. The number of aliphatic hydroxyl groups is 6. The Labute approximate surface area is 195 Å². The van der Waals surface area contributed by atoms with E-state index in [2.05, 4.69) is 25.5 Å². The molecule has 2 aliphatic heterocycles. The van der Waals surface area contributed by atoms with Crippen molar-refractivity contribution >= 4 is 12.0 Å². The van der Waals surface area contributed by atoms with Gasteiger partial charge in [-0.15, -0.1) is 0 Å². The summed E-state index contributed by atoms with van der Waals surface area (Å²) in [6.45, 7) is 3.60. The molecule has 1 aromatic carbocycles. The molecule has 0 aromatic heterocycles. The fourth-order valence-electron chi connectivity index (χ4n) is 2.59. The number of benzene rings is 1. The van der Waals surface area contributed by atoms with E-state index in [1.54, 1.807) is 0 Å². The van der Waals surface area contributed by atoms with Gasteiger partial charge in [0.2, 0.25) is 12.4 Å². The lowest BCUT2D eigenvalue weighted by Crippen LogP contribution is -2.42. The van der Waals surface area contributed by atoms with Gasteiger partial charge in [-0.05, 0) is 44.6 Å². The van der Waals surface area contributed by atoms with Crippen molar-refractivity contribution in [3.8, 4) is 5.75 Å². The maximum atomic E-state index is 13.4. The van der Waals surface area contributed by atoms with Gasteiger partial charge in [0, 0.05) is 11.1 Å². The minimum atomic E-state index is -5.21. The number of halogens is 3. The number of ether oxygens (including phenoxy) is 2. The lowest BCUT2D eigenvalue weighted by Gasteiger charge is -2.31. The number of nitrogens with two attached hydrogens (primary N) is 1. The molecular weight excluding hydrogens is 491 g/mol. The van der Waals surface area contributed by atoms with Gasteiger partial charge < -0.3 is 45.4 Å². The summed E-state index contributed by atoms with van der Waals surface area (Å²) in [4.78, 5) is 16.2. The molecule has 200 valence electrons. The van der Waals surface area contributed by atoms with Crippen LogP contribution in [0.4, 0.5) is 13.2 Å². The molecule has 2 heterocycles. The molecule has 2 atom stereocenters. The zero-order valence-electron chi connectivity index (χ0n) is 18.2. The van der Waals surface area contributed by atoms with Gasteiger partial charge in [0.1, 0.15) is 5.75 Å². The van der Waals surface area contributed by atoms with Gasteiger partial charge in [-0.2, -0.15) is 13.2 Å². The van der Waals surface area contributed by atoms with Crippen molar-refractivity contribution in [2.45, 2.75) is 43.9 Å². The highest BCUT2D eigenvalue weighted by Gasteiger charge is 2.50. The second-order valence-electron chi connectivity index (χ2n) is 7.06. The van der Waals surface area contributed by atoms with Crippen molar-refractivity contribution in [3.05, 3.63) is 34.4 Å². The van der Waals surface area contributed by atoms with E-state index >= 15 is 0 Å². The second-order valence-corrected chi connectivity index (χ2v) is 7.06. The van der Waals surface area contributed by atoms with Gasteiger partial charge >= 0.3 is 24.1 Å². The molecule has 1 fully saturated rings. The Morgan fingerprint density at radius 1 is 1.14 bits per heavy atom. The van der Waals surface area contributed by atoms with E-state index in [9.17, 15) is 48.6 Å². The number of esters is 1. The first-order chi connectivity index (χ1) is 16.1. The van der Waals surface area contributed by atoms with Crippen LogP contribution in [0, 0.1) is 0 Å². The third kappa shape index (κ3) is 8.33. The summed E-state index contributed by atoms with van der Waals surface area (Å²) < 4.78 is 49.5. The molecule has 0 bridgehead atoms. The Morgan fingerprint density at radius 3 is 2.03 bits per heavy atom. The monoisotopic (exact) mass is 518 g/mol. The number of carbonyl (C=O) groups excluding carboxylic acids is 1. The number of fused-ring (bicyclic) bond motifs is 1. The Bertz CT molecular complexity index is 891. The fourth-order valence-corrected chi connectivity index (χ4v) is 2.59. The van der Waals surface area contributed by atoms with Crippen molar-refractivity contribution < 1.29 is 74.0 Å². The molecule has 0 spiro atoms. The lowest BCUT2D eigenvalue weighted by atomic mass is 9.95. The maximum Gasteiger partial charge on any atom is 0.430 e. The highest BCUT2D eigenvalue weighted by Crippen LogP contribution is 2.43. The predicted octanol–water partition coefficient (Wildman–Crippen LogP) is -3.06. The largest absolute Gasteiger partial charge is 0.475 e. The molecule has 0 amide bonds. The van der Waals surface area contributed by atoms with Crippen LogP contribution in [-0.4, -0.2) is 73.5 Å². The highest BCUT2D eigenvalue weighted by atomic mass is 19.4. The summed E-state index contributed by atoms with van der Waals surface area (Å²) in [6, 6.07) is 1.03. The van der Waals surface area contributed by atoms with Crippen LogP contribution in [0.3, 0.4) is 0 Å². The SMILES string of the molecule is C1CNC1.CC(ON)OC(=O)C1=Cc2cc(C(O)(O)O)cc(C(O)(O)O)c2OC1C(F)(F)F.[NH3+]O. The molecule has 1 aromatic rings. The van der Waals surface area contributed by atoms with Gasteiger partial charge in [-0.1, -0.05) is 0 Å². The number of rotatable bonds is 5. The summed E-state index contributed by atoms with van der Waals surface area (Å²) in [6.07, 6.45) is -7.71. The first kappa shape index (κ1) is 30.6. The first-order valence-corrected chi connectivity index (χ1v) is 9.62. The number of hydrogen-bond acceptors (Lipinski definition) is 13. The quantitative estimate of drug-likeness (QED) is 0.106. The van der Waals surface area contributed by atoms with Crippen LogP contribution in [0.2, 0.25) is 0 Å². The summed E-state index contributed by atoms with van der Waals surface area (Å²) in [7, 11) is 0. The molecule has 1 saturated heterocycles. The van der Waals surface area contributed by atoms with Crippen LogP contribution in [-0.2, 0) is 26.3 Å². The van der Waals surface area contributed by atoms with E-state index in [1.165, 1.54) is 19.5 Å². The zero-order chi connectivity index (χ0) is 27.2. The normalized spacial score (nSPS) is 18.2. The molecule has 3 rings (SSSR count). The minimum Gasteiger partial charge on any atom is -0.475 e. The molecule has 35 heavy (non-hydrogen) atoms. The molecule has 13 N–H and O–H groups in total. The van der Waals surface area contributed by atoms with Crippen LogP contribution < -0.4 is 21.8 Å². The molecule has 14 nitrogen and oxygen atoms in total. The average molecular weight is 518 g/mol. The standard InChI is InChI=1S/C15H16F3NO10.C3H7N.H4NO/c1-5(29-19)27-12(20)8-3-6-2-7(14(21,22)23)4-9(15(24,25)26)10(6)28-11(8)13(16,17)18;1-2-4-3-1;1-2/h2-5,11,21-26H,19H2,1H3;4H,1-3H2;2H,1H3/q;;+1. The van der Waals surface area contributed by atoms with Crippen LogP contribution in [0.25, 0.3) is 6.08 Å². The van der Waals surface area contributed by atoms with Crippen LogP contribution in [0.1, 0.15) is 30.0 Å². The zero-order valence-corrected chi connectivity index (χ0v) is 18.2. The van der Waals surface area contributed by atoms with Crippen molar-refractivity contribution in [1.82, 2.24) is 5.32 Å². The summed E-state index contributed by atoms with van der Waals surface area (Å²) in [5.41, 5.74) is -3.78. The van der Waals surface area contributed by atoms with E-state index in [0.29, 0.717) is 18.2 Å². The van der Waals surface area contributed by atoms with E-state index < -0.39 is 64.5 Å². The first-order valence-electron chi connectivity index (χ1n) is 9.62. The average Bonchev–Trinajstić information content (AvgIpc) is 2.69. The number of carbonyl (C=O) groups is 1. The number of hydrogen-bond donors (Lipinski definition) is 10. The summed E-state index contributed by atoms with van der Waals surface area (Å²) in [5, 5.41) is 66.0. The van der Waals surface area contributed by atoms with E-state index in [1.807, 2.05) is 0 Å². The third-order valence-corrected chi connectivity index (χ3v) is 4.40. The fraction of sp³-hybridized carbons (Fsp3) is 0.500.